The average molecular weight is 457 g/mol. The lowest BCUT2D eigenvalue weighted by Crippen LogP contribution is -2.31. The van der Waals surface area contributed by atoms with Crippen LogP contribution in [0.4, 0.5) is 10.1 Å². The standard InChI is InChI=1S/C27H25FN4O2/c1-31-10-11-34-26-14-18(5-7-25(26)31)22-6-4-19(27(33)32-9-8-21(30)16-32)12-23(22)17-2-3-20(15-29)24(28)13-17/h2-7,12-14,21H,8-11,16,30H2,1H3/t21-/m0/s1. The van der Waals surface area contributed by atoms with Crippen LogP contribution >= 0.6 is 0 Å². The van der Waals surface area contributed by atoms with Crippen molar-refractivity contribution in [3.05, 3.63) is 71.5 Å². The van der Waals surface area contributed by atoms with E-state index in [0.717, 1.165) is 35.5 Å². The second-order valence-corrected chi connectivity index (χ2v) is 8.82. The predicted octanol–water partition coefficient (Wildman–Crippen LogP) is 4.03. The van der Waals surface area contributed by atoms with E-state index in [-0.39, 0.29) is 17.5 Å². The van der Waals surface area contributed by atoms with Crippen LogP contribution in [-0.2, 0) is 0 Å². The summed E-state index contributed by atoms with van der Waals surface area (Å²) in [5, 5.41) is 9.14. The Morgan fingerprint density at radius 1 is 1.09 bits per heavy atom. The molecule has 0 spiro atoms. The first kappa shape index (κ1) is 21.9. The Hall–Kier alpha value is -3.89. The van der Waals surface area contributed by atoms with E-state index in [2.05, 4.69) is 4.90 Å². The van der Waals surface area contributed by atoms with Gasteiger partial charge in [0.05, 0.1) is 17.8 Å². The first-order chi connectivity index (χ1) is 16.4. The summed E-state index contributed by atoms with van der Waals surface area (Å²) in [6.07, 6.45) is 0.779. The Kier molecular flexibility index (Phi) is 5.68. The third-order valence-corrected chi connectivity index (χ3v) is 6.55. The van der Waals surface area contributed by atoms with Crippen LogP contribution in [0, 0.1) is 17.1 Å². The minimum absolute atomic E-state index is 0.0102. The van der Waals surface area contributed by atoms with Gasteiger partial charge in [0.2, 0.25) is 0 Å². The molecule has 3 aromatic carbocycles. The number of likely N-dealkylation sites (N-methyl/N-ethyl adjacent to an activating group) is 1. The van der Waals surface area contributed by atoms with Crippen LogP contribution in [0.25, 0.3) is 22.3 Å². The van der Waals surface area contributed by atoms with Crippen LogP contribution in [0.5, 0.6) is 5.75 Å². The molecular formula is C27H25FN4O2. The number of rotatable bonds is 3. The topological polar surface area (TPSA) is 82.6 Å². The lowest BCUT2D eigenvalue weighted by Gasteiger charge is -2.28. The number of nitriles is 1. The number of hydrogen-bond donors (Lipinski definition) is 1. The minimum Gasteiger partial charge on any atom is -0.490 e. The Morgan fingerprint density at radius 2 is 1.88 bits per heavy atom. The molecule has 2 aliphatic heterocycles. The van der Waals surface area contributed by atoms with Crippen molar-refractivity contribution < 1.29 is 13.9 Å². The molecule has 0 bridgehead atoms. The summed E-state index contributed by atoms with van der Waals surface area (Å²) in [7, 11) is 2.02. The Labute approximate surface area is 198 Å². The molecule has 172 valence electrons. The summed E-state index contributed by atoms with van der Waals surface area (Å²) in [4.78, 5) is 17.0. The predicted molar refractivity (Wildman–Crippen MR) is 129 cm³/mol. The minimum atomic E-state index is -0.594. The molecule has 3 aromatic rings. The molecular weight excluding hydrogens is 431 g/mol. The highest BCUT2D eigenvalue weighted by atomic mass is 19.1. The van der Waals surface area contributed by atoms with Crippen LogP contribution in [0.1, 0.15) is 22.3 Å². The van der Waals surface area contributed by atoms with Crippen LogP contribution in [0.2, 0.25) is 0 Å². The van der Waals surface area contributed by atoms with Gasteiger partial charge in [0.1, 0.15) is 24.2 Å². The summed E-state index contributed by atoms with van der Waals surface area (Å²) in [6, 6.07) is 17.9. The van der Waals surface area contributed by atoms with Crippen LogP contribution in [0.3, 0.4) is 0 Å². The van der Waals surface area contributed by atoms with Gasteiger partial charge in [0.25, 0.3) is 5.91 Å². The lowest BCUT2D eigenvalue weighted by atomic mass is 9.91. The van der Waals surface area contributed by atoms with Gasteiger partial charge in [-0.25, -0.2) is 4.39 Å². The Bertz CT molecular complexity index is 1320. The molecule has 0 aromatic heterocycles. The molecule has 0 aliphatic carbocycles. The van der Waals surface area contributed by atoms with E-state index in [0.29, 0.717) is 36.4 Å². The van der Waals surface area contributed by atoms with Gasteiger partial charge in [-0.1, -0.05) is 18.2 Å². The molecule has 2 aliphatic rings. The third kappa shape index (κ3) is 3.97. The van der Waals surface area contributed by atoms with E-state index in [9.17, 15) is 9.18 Å². The molecule has 0 saturated carbocycles. The van der Waals surface area contributed by atoms with Crippen molar-refractivity contribution in [2.75, 3.05) is 38.2 Å². The van der Waals surface area contributed by atoms with Crippen molar-refractivity contribution in [3.63, 3.8) is 0 Å². The summed E-state index contributed by atoms with van der Waals surface area (Å²) < 4.78 is 20.4. The smallest absolute Gasteiger partial charge is 0.253 e. The molecule has 0 radical (unpaired) electrons. The van der Waals surface area contributed by atoms with E-state index in [1.54, 1.807) is 23.1 Å². The van der Waals surface area contributed by atoms with Crippen molar-refractivity contribution in [1.82, 2.24) is 4.90 Å². The van der Waals surface area contributed by atoms with Crippen molar-refractivity contribution in [2.45, 2.75) is 12.5 Å². The first-order valence-corrected chi connectivity index (χ1v) is 11.3. The van der Waals surface area contributed by atoms with Gasteiger partial charge in [0, 0.05) is 31.7 Å². The van der Waals surface area contributed by atoms with Gasteiger partial charge in [0.15, 0.2) is 0 Å². The number of nitrogens with zero attached hydrogens (tertiary/aromatic N) is 3. The molecule has 0 unspecified atom stereocenters. The zero-order valence-electron chi connectivity index (χ0n) is 18.9. The van der Waals surface area contributed by atoms with Gasteiger partial charge in [-0.2, -0.15) is 5.26 Å². The van der Waals surface area contributed by atoms with E-state index in [1.165, 1.54) is 12.1 Å². The molecule has 5 rings (SSSR count). The van der Waals surface area contributed by atoms with Gasteiger partial charge >= 0.3 is 0 Å². The SMILES string of the molecule is CN1CCOc2cc(-c3ccc(C(=O)N4CC[C@H](N)C4)cc3-c3ccc(C#N)c(F)c3)ccc21. The van der Waals surface area contributed by atoms with Crippen LogP contribution in [-0.4, -0.2) is 50.1 Å². The number of benzene rings is 3. The van der Waals surface area contributed by atoms with Crippen molar-refractivity contribution >= 4 is 11.6 Å². The number of likely N-dealkylation sites (tertiary alicyclic amines) is 1. The van der Waals surface area contributed by atoms with E-state index < -0.39 is 5.82 Å². The Morgan fingerprint density at radius 3 is 2.62 bits per heavy atom. The zero-order chi connectivity index (χ0) is 23.8. The van der Waals surface area contributed by atoms with Crippen molar-refractivity contribution in [3.8, 4) is 34.1 Å². The third-order valence-electron chi connectivity index (χ3n) is 6.55. The largest absolute Gasteiger partial charge is 0.490 e. The highest BCUT2D eigenvalue weighted by molar-refractivity contribution is 5.98. The fraction of sp³-hybridized carbons (Fsp3) is 0.259. The number of carbonyl (C=O) groups is 1. The van der Waals surface area contributed by atoms with Crippen LogP contribution < -0.4 is 15.4 Å². The molecule has 6 nitrogen and oxygen atoms in total. The fourth-order valence-electron chi connectivity index (χ4n) is 4.62. The quantitative estimate of drug-likeness (QED) is 0.643. The van der Waals surface area contributed by atoms with Crippen molar-refractivity contribution in [2.24, 2.45) is 5.73 Å². The molecule has 7 heteroatoms. The number of carbonyl (C=O) groups excluding carboxylic acids is 1. The fourth-order valence-corrected chi connectivity index (χ4v) is 4.62. The number of ether oxygens (including phenoxy) is 1. The van der Waals surface area contributed by atoms with Gasteiger partial charge in [-0.3, -0.25) is 4.79 Å². The molecule has 1 atom stereocenters. The summed E-state index contributed by atoms with van der Waals surface area (Å²) >= 11 is 0. The van der Waals surface area contributed by atoms with Gasteiger partial charge in [-0.05, 0) is 65.1 Å². The molecule has 2 heterocycles. The monoisotopic (exact) mass is 456 g/mol. The molecule has 1 amide bonds. The molecule has 1 fully saturated rings. The maximum absolute atomic E-state index is 14.5. The number of anilines is 1. The van der Waals surface area contributed by atoms with E-state index >= 15 is 0 Å². The molecule has 1 saturated heterocycles. The molecule has 2 N–H and O–H groups in total. The first-order valence-electron chi connectivity index (χ1n) is 11.3. The van der Waals surface area contributed by atoms with E-state index in [1.807, 2.05) is 37.4 Å². The molecule has 34 heavy (non-hydrogen) atoms. The van der Waals surface area contributed by atoms with Crippen molar-refractivity contribution in [1.29, 1.82) is 5.26 Å². The second kappa shape index (κ2) is 8.81. The normalized spacial score (nSPS) is 17.2. The number of fused-ring (bicyclic) bond motifs is 1. The Balaban J connectivity index is 1.62. The summed E-state index contributed by atoms with van der Waals surface area (Å²) in [5.41, 5.74) is 10.6. The lowest BCUT2D eigenvalue weighted by molar-refractivity contribution is 0.0791. The van der Waals surface area contributed by atoms with Gasteiger partial charge in [-0.15, -0.1) is 0 Å². The average Bonchev–Trinajstić information content (AvgIpc) is 3.29. The number of halogens is 1. The highest BCUT2D eigenvalue weighted by Gasteiger charge is 2.25. The van der Waals surface area contributed by atoms with Crippen LogP contribution in [0.15, 0.2) is 54.6 Å². The van der Waals surface area contributed by atoms with E-state index in [4.69, 9.17) is 15.7 Å². The van der Waals surface area contributed by atoms with Gasteiger partial charge < -0.3 is 20.3 Å². The zero-order valence-corrected chi connectivity index (χ0v) is 18.9. The summed E-state index contributed by atoms with van der Waals surface area (Å²) in [5.74, 6) is 0.100. The maximum atomic E-state index is 14.5. The number of amides is 1. The summed E-state index contributed by atoms with van der Waals surface area (Å²) in [6.45, 7) is 2.57. The highest BCUT2D eigenvalue weighted by Crippen LogP contribution is 2.39. The second-order valence-electron chi connectivity index (χ2n) is 8.82. The maximum Gasteiger partial charge on any atom is 0.253 e. The number of hydrogen-bond acceptors (Lipinski definition) is 5. The number of nitrogens with two attached hydrogens (primary N) is 1.